The summed E-state index contributed by atoms with van der Waals surface area (Å²) in [4.78, 5) is 28.4. The first-order valence-electron chi connectivity index (χ1n) is 7.78. The Morgan fingerprint density at radius 3 is 3.00 bits per heavy atom. The molecule has 6 nitrogen and oxygen atoms in total. The second kappa shape index (κ2) is 6.83. The Hall–Kier alpha value is -2.34. The van der Waals surface area contributed by atoms with Crippen LogP contribution in [0.15, 0.2) is 30.5 Å². The van der Waals surface area contributed by atoms with Gasteiger partial charge in [0.05, 0.1) is 19.1 Å². The van der Waals surface area contributed by atoms with Gasteiger partial charge in [-0.25, -0.2) is 0 Å². The Labute approximate surface area is 134 Å². The predicted octanol–water partition coefficient (Wildman–Crippen LogP) is 1.66. The average molecular weight is 316 g/mol. The number of nitrogens with zero attached hydrogens (tertiary/aromatic N) is 1. The van der Waals surface area contributed by atoms with Crippen LogP contribution in [-0.2, 0) is 20.7 Å². The van der Waals surface area contributed by atoms with Crippen molar-refractivity contribution >= 4 is 22.8 Å². The van der Waals surface area contributed by atoms with E-state index in [4.69, 9.17) is 9.84 Å². The summed E-state index contributed by atoms with van der Waals surface area (Å²) in [6.45, 7) is 1.24. The second-order valence-electron chi connectivity index (χ2n) is 5.81. The minimum absolute atomic E-state index is 0.0213. The highest BCUT2D eigenvalue weighted by atomic mass is 16.5. The third kappa shape index (κ3) is 3.53. The molecule has 1 aliphatic rings. The molecular formula is C17H20N2O4. The fourth-order valence-corrected chi connectivity index (χ4v) is 2.92. The first kappa shape index (κ1) is 15.6. The summed E-state index contributed by atoms with van der Waals surface area (Å²) in [5.74, 6) is -1.58. The first-order valence-corrected chi connectivity index (χ1v) is 7.78. The van der Waals surface area contributed by atoms with Gasteiger partial charge in [0.1, 0.15) is 0 Å². The Morgan fingerprint density at radius 1 is 1.35 bits per heavy atom. The van der Waals surface area contributed by atoms with Crippen molar-refractivity contribution in [2.24, 2.45) is 5.92 Å². The number of carbonyl (C=O) groups is 2. The van der Waals surface area contributed by atoms with Gasteiger partial charge in [-0.1, -0.05) is 18.2 Å². The zero-order chi connectivity index (χ0) is 16.2. The van der Waals surface area contributed by atoms with Crippen molar-refractivity contribution < 1.29 is 19.4 Å². The molecule has 1 amide bonds. The summed E-state index contributed by atoms with van der Waals surface area (Å²) in [5, 5.41) is 10.3. The number of carboxylic acid groups (broad SMARTS) is 1. The van der Waals surface area contributed by atoms with Gasteiger partial charge >= 0.3 is 5.97 Å². The quantitative estimate of drug-likeness (QED) is 0.898. The lowest BCUT2D eigenvalue weighted by Crippen LogP contribution is -2.38. The number of hydrogen-bond acceptors (Lipinski definition) is 3. The summed E-state index contributed by atoms with van der Waals surface area (Å²) >= 11 is 0. The summed E-state index contributed by atoms with van der Waals surface area (Å²) in [6.07, 6.45) is 2.94. The van der Waals surface area contributed by atoms with Crippen molar-refractivity contribution in [3.8, 4) is 0 Å². The van der Waals surface area contributed by atoms with Crippen molar-refractivity contribution in [1.82, 2.24) is 9.88 Å². The summed E-state index contributed by atoms with van der Waals surface area (Å²) in [6, 6.07) is 7.98. The van der Waals surface area contributed by atoms with Gasteiger partial charge in [0.15, 0.2) is 0 Å². The molecule has 1 fully saturated rings. The van der Waals surface area contributed by atoms with Crippen LogP contribution >= 0.6 is 0 Å². The molecule has 0 saturated carbocycles. The van der Waals surface area contributed by atoms with E-state index in [1.54, 1.807) is 4.90 Å². The molecule has 3 rings (SSSR count). The number of benzene rings is 1. The number of carboxylic acids is 1. The lowest BCUT2D eigenvalue weighted by molar-refractivity contribution is -0.144. The number of carbonyl (C=O) groups excluding carboxylic acids is 1. The van der Waals surface area contributed by atoms with Crippen LogP contribution in [0.3, 0.4) is 0 Å². The highest BCUT2D eigenvalue weighted by molar-refractivity contribution is 5.84. The van der Waals surface area contributed by atoms with E-state index in [1.165, 1.54) is 0 Å². The summed E-state index contributed by atoms with van der Waals surface area (Å²) in [5.41, 5.74) is 2.17. The fourth-order valence-electron chi connectivity index (χ4n) is 2.92. The van der Waals surface area contributed by atoms with E-state index in [0.29, 0.717) is 26.0 Å². The maximum atomic E-state index is 12.4. The number of aliphatic carboxylic acids is 1. The number of aromatic amines is 1. The molecular weight excluding hydrogens is 296 g/mol. The van der Waals surface area contributed by atoms with Gasteiger partial charge in [0.2, 0.25) is 5.91 Å². The van der Waals surface area contributed by atoms with Crippen molar-refractivity contribution in [3.63, 3.8) is 0 Å². The molecule has 1 atom stereocenters. The Bertz CT molecular complexity index is 709. The number of hydrogen-bond donors (Lipinski definition) is 2. The van der Waals surface area contributed by atoms with Crippen molar-refractivity contribution in [2.45, 2.75) is 12.8 Å². The number of aromatic nitrogens is 1. The molecule has 0 aliphatic carbocycles. The minimum atomic E-state index is -0.915. The average Bonchev–Trinajstić information content (AvgIpc) is 2.79. The van der Waals surface area contributed by atoms with E-state index in [9.17, 15) is 9.59 Å². The fraction of sp³-hybridized carbons (Fsp3) is 0.412. The van der Waals surface area contributed by atoms with Crippen molar-refractivity contribution in [3.05, 3.63) is 36.0 Å². The molecule has 0 spiro atoms. The van der Waals surface area contributed by atoms with Gasteiger partial charge in [-0.05, 0) is 18.1 Å². The third-order valence-corrected chi connectivity index (χ3v) is 4.25. The van der Waals surface area contributed by atoms with Gasteiger partial charge < -0.3 is 19.7 Å². The van der Waals surface area contributed by atoms with E-state index >= 15 is 0 Å². The molecule has 1 aliphatic heterocycles. The van der Waals surface area contributed by atoms with Crippen LogP contribution in [0.4, 0.5) is 0 Å². The molecule has 1 aromatic heterocycles. The molecule has 0 radical (unpaired) electrons. The van der Waals surface area contributed by atoms with Crippen LogP contribution in [0.2, 0.25) is 0 Å². The van der Waals surface area contributed by atoms with Crippen molar-refractivity contribution in [2.75, 3.05) is 26.3 Å². The first-order chi connectivity index (χ1) is 11.1. The number of H-pyrrole nitrogens is 1. The van der Waals surface area contributed by atoms with E-state index in [2.05, 4.69) is 4.98 Å². The zero-order valence-electron chi connectivity index (χ0n) is 12.8. The van der Waals surface area contributed by atoms with E-state index < -0.39 is 11.9 Å². The third-order valence-electron chi connectivity index (χ3n) is 4.25. The predicted molar refractivity (Wildman–Crippen MR) is 85.1 cm³/mol. The van der Waals surface area contributed by atoms with E-state index in [0.717, 1.165) is 16.5 Å². The summed E-state index contributed by atoms with van der Waals surface area (Å²) < 4.78 is 5.28. The highest BCUT2D eigenvalue weighted by Gasteiger charge is 2.26. The topological polar surface area (TPSA) is 82.6 Å². The number of fused-ring (bicyclic) bond motifs is 1. The number of amides is 1. The van der Waals surface area contributed by atoms with Gasteiger partial charge in [-0.2, -0.15) is 0 Å². The standard InChI is InChI=1S/C17H20N2O4/c20-16(19-7-8-23-11-13(10-19)17(21)22)6-5-12-9-18-15-4-2-1-3-14(12)15/h1-4,9,13,18H,5-8,10-11H2,(H,21,22). The Kier molecular flexibility index (Phi) is 4.62. The van der Waals surface area contributed by atoms with Crippen LogP contribution < -0.4 is 0 Å². The zero-order valence-corrected chi connectivity index (χ0v) is 12.8. The van der Waals surface area contributed by atoms with Gasteiger partial charge in [0.25, 0.3) is 0 Å². The van der Waals surface area contributed by atoms with Gasteiger partial charge in [0, 0.05) is 36.6 Å². The molecule has 1 saturated heterocycles. The van der Waals surface area contributed by atoms with Crippen LogP contribution in [0.1, 0.15) is 12.0 Å². The van der Waals surface area contributed by atoms with Crippen LogP contribution in [0, 0.1) is 5.92 Å². The molecule has 1 unspecified atom stereocenters. The lowest BCUT2D eigenvalue weighted by Gasteiger charge is -2.21. The maximum absolute atomic E-state index is 12.4. The molecule has 2 N–H and O–H groups in total. The number of aryl methyl sites for hydroxylation is 1. The number of ether oxygens (including phenoxy) is 1. The molecule has 2 heterocycles. The number of para-hydroxylation sites is 1. The monoisotopic (exact) mass is 316 g/mol. The summed E-state index contributed by atoms with van der Waals surface area (Å²) in [7, 11) is 0. The van der Waals surface area contributed by atoms with Crippen LogP contribution in [-0.4, -0.2) is 53.2 Å². The van der Waals surface area contributed by atoms with Crippen molar-refractivity contribution in [1.29, 1.82) is 0 Å². The molecule has 6 heteroatoms. The minimum Gasteiger partial charge on any atom is -0.481 e. The largest absolute Gasteiger partial charge is 0.481 e. The normalized spacial score (nSPS) is 18.8. The van der Waals surface area contributed by atoms with Crippen LogP contribution in [0.25, 0.3) is 10.9 Å². The van der Waals surface area contributed by atoms with E-state index in [1.807, 2.05) is 30.5 Å². The molecule has 1 aromatic carbocycles. The van der Waals surface area contributed by atoms with E-state index in [-0.39, 0.29) is 19.1 Å². The smallest absolute Gasteiger partial charge is 0.310 e. The maximum Gasteiger partial charge on any atom is 0.310 e. The number of rotatable bonds is 4. The van der Waals surface area contributed by atoms with Gasteiger partial charge in [-0.3, -0.25) is 9.59 Å². The second-order valence-corrected chi connectivity index (χ2v) is 5.81. The lowest BCUT2D eigenvalue weighted by atomic mass is 10.1. The SMILES string of the molecule is O=C(O)C1COCCN(C(=O)CCc2c[nH]c3ccccc23)C1. The van der Waals surface area contributed by atoms with Gasteiger partial charge in [-0.15, -0.1) is 0 Å². The molecule has 23 heavy (non-hydrogen) atoms. The number of nitrogens with one attached hydrogen (secondary N) is 1. The molecule has 2 aromatic rings. The Balaban J connectivity index is 1.63. The molecule has 0 bridgehead atoms. The highest BCUT2D eigenvalue weighted by Crippen LogP contribution is 2.19. The van der Waals surface area contributed by atoms with Crippen LogP contribution in [0.5, 0.6) is 0 Å². The molecule has 122 valence electrons. The Morgan fingerprint density at radius 2 is 2.17 bits per heavy atom.